The molecule has 0 radical (unpaired) electrons. The number of rotatable bonds is 11. The van der Waals surface area contributed by atoms with Crippen molar-refractivity contribution in [2.45, 2.75) is 39.3 Å². The number of nitrogens with one attached hydrogen (secondary N) is 3. The third-order valence-corrected chi connectivity index (χ3v) is 6.76. The summed E-state index contributed by atoms with van der Waals surface area (Å²) >= 11 is 3.46. The summed E-state index contributed by atoms with van der Waals surface area (Å²) in [7, 11) is 0. The summed E-state index contributed by atoms with van der Waals surface area (Å²) < 4.78 is 13.4. The average molecular weight is 635 g/mol. The number of hydrogen-bond donors (Lipinski definition) is 3. The Bertz CT molecular complexity index is 1540. The average Bonchev–Trinajstić information content (AvgIpc) is 2.97. The van der Waals surface area contributed by atoms with Crippen LogP contribution in [0.25, 0.3) is 10.8 Å². The van der Waals surface area contributed by atoms with Gasteiger partial charge in [-0.2, -0.15) is 0 Å². The Balaban J connectivity index is 1.15. The molecular formula is C32H34BrN4O5+. The molecule has 1 atom stereocenters. The number of halogens is 1. The topological polar surface area (TPSA) is 110 Å². The molecule has 3 aromatic carbocycles. The molecule has 0 saturated heterocycles. The van der Waals surface area contributed by atoms with Gasteiger partial charge in [0.2, 0.25) is 0 Å². The van der Waals surface area contributed by atoms with Crippen LogP contribution in [0.4, 0.5) is 21.0 Å². The first-order chi connectivity index (χ1) is 20.3. The minimum absolute atomic E-state index is 0.0164. The van der Waals surface area contributed by atoms with Crippen LogP contribution in [0.3, 0.4) is 0 Å². The number of alkyl carbamates (subject to hydrolysis) is 1. The first kappa shape index (κ1) is 30.5. The number of aryl methyl sites for hydroxylation is 1. The SMILES string of the molecule is CCC[n+]1cc(Br)cc(C(=O)Nc2ccc(CCOC(=O)NC(C)COC(=O)Nc3cccc4ccccc34)cc2)c1. The van der Waals surface area contributed by atoms with Crippen LogP contribution in [-0.4, -0.2) is 37.3 Å². The van der Waals surface area contributed by atoms with Crippen molar-refractivity contribution in [3.63, 3.8) is 0 Å². The Hall–Kier alpha value is -4.44. The van der Waals surface area contributed by atoms with Crippen LogP contribution >= 0.6 is 15.9 Å². The van der Waals surface area contributed by atoms with E-state index >= 15 is 0 Å². The van der Waals surface area contributed by atoms with E-state index in [1.54, 1.807) is 19.1 Å². The normalized spacial score (nSPS) is 11.4. The molecule has 1 unspecified atom stereocenters. The second kappa shape index (κ2) is 15.0. The highest BCUT2D eigenvalue weighted by Crippen LogP contribution is 2.23. The molecule has 0 bridgehead atoms. The summed E-state index contributed by atoms with van der Waals surface area (Å²) in [6.07, 6.45) is 4.04. The number of carbonyl (C=O) groups excluding carboxylic acids is 3. The van der Waals surface area contributed by atoms with E-state index in [2.05, 4.69) is 38.8 Å². The third-order valence-electron chi connectivity index (χ3n) is 6.32. The molecule has 0 saturated carbocycles. The van der Waals surface area contributed by atoms with Crippen molar-refractivity contribution in [3.8, 4) is 0 Å². The lowest BCUT2D eigenvalue weighted by molar-refractivity contribution is -0.697. The van der Waals surface area contributed by atoms with Crippen molar-refractivity contribution >= 4 is 56.2 Å². The quantitative estimate of drug-likeness (QED) is 0.164. The second-order valence-electron chi connectivity index (χ2n) is 9.81. The molecule has 0 aliphatic carbocycles. The van der Waals surface area contributed by atoms with Crippen LogP contribution in [0.5, 0.6) is 0 Å². The Morgan fingerprint density at radius 1 is 0.905 bits per heavy atom. The van der Waals surface area contributed by atoms with Gasteiger partial charge in [-0.25, -0.2) is 14.2 Å². The van der Waals surface area contributed by atoms with Crippen LogP contribution in [0.1, 0.15) is 36.2 Å². The Labute approximate surface area is 253 Å². The summed E-state index contributed by atoms with van der Waals surface area (Å²) in [6.45, 7) is 4.78. The van der Waals surface area contributed by atoms with Gasteiger partial charge in [0, 0.05) is 23.9 Å². The molecule has 3 N–H and O–H groups in total. The summed E-state index contributed by atoms with van der Waals surface area (Å²) in [5.74, 6) is -0.196. The zero-order valence-electron chi connectivity index (χ0n) is 23.6. The van der Waals surface area contributed by atoms with Crippen molar-refractivity contribution in [2.75, 3.05) is 23.8 Å². The largest absolute Gasteiger partial charge is 0.449 e. The Morgan fingerprint density at radius 2 is 1.67 bits per heavy atom. The molecule has 0 fully saturated rings. The van der Waals surface area contributed by atoms with Gasteiger partial charge in [0.05, 0.1) is 22.8 Å². The van der Waals surface area contributed by atoms with Crippen LogP contribution in [0.15, 0.2) is 89.7 Å². The zero-order valence-corrected chi connectivity index (χ0v) is 25.1. The molecule has 3 amide bonds. The van der Waals surface area contributed by atoms with Crippen molar-refractivity contribution in [2.24, 2.45) is 0 Å². The Morgan fingerprint density at radius 3 is 2.45 bits per heavy atom. The third kappa shape index (κ3) is 9.04. The van der Waals surface area contributed by atoms with Crippen LogP contribution < -0.4 is 20.5 Å². The monoisotopic (exact) mass is 633 g/mol. The Kier molecular flexibility index (Phi) is 10.9. The molecule has 218 valence electrons. The van der Waals surface area contributed by atoms with Gasteiger partial charge in [-0.15, -0.1) is 0 Å². The smallest absolute Gasteiger partial charge is 0.411 e. The van der Waals surface area contributed by atoms with Crippen LogP contribution in [0, 0.1) is 0 Å². The van der Waals surface area contributed by atoms with Gasteiger partial charge >= 0.3 is 12.2 Å². The van der Waals surface area contributed by atoms with Crippen molar-refractivity contribution < 1.29 is 28.4 Å². The number of nitrogens with zero attached hydrogens (tertiary/aromatic N) is 1. The molecule has 0 aliphatic heterocycles. The summed E-state index contributed by atoms with van der Waals surface area (Å²) in [5, 5.41) is 10.2. The van der Waals surface area contributed by atoms with Gasteiger partial charge in [0.15, 0.2) is 12.4 Å². The van der Waals surface area contributed by atoms with E-state index in [1.807, 2.05) is 77.6 Å². The number of benzene rings is 3. The van der Waals surface area contributed by atoms with Crippen molar-refractivity contribution in [1.82, 2.24) is 5.32 Å². The highest BCUT2D eigenvalue weighted by Gasteiger charge is 2.14. The maximum atomic E-state index is 12.7. The number of anilines is 2. The van der Waals surface area contributed by atoms with E-state index in [-0.39, 0.29) is 19.1 Å². The number of ether oxygens (including phenoxy) is 2. The van der Waals surface area contributed by atoms with Crippen molar-refractivity contribution in [3.05, 3.63) is 101 Å². The molecule has 4 rings (SSSR count). The lowest BCUT2D eigenvalue weighted by Gasteiger charge is -2.15. The highest BCUT2D eigenvalue weighted by molar-refractivity contribution is 9.10. The molecule has 10 heteroatoms. The maximum absolute atomic E-state index is 12.7. The molecule has 0 aliphatic rings. The summed E-state index contributed by atoms with van der Waals surface area (Å²) in [6, 6.07) is 22.1. The maximum Gasteiger partial charge on any atom is 0.411 e. The first-order valence-electron chi connectivity index (χ1n) is 13.8. The number of pyridine rings is 1. The van der Waals surface area contributed by atoms with E-state index in [0.29, 0.717) is 23.4 Å². The number of amides is 3. The minimum Gasteiger partial charge on any atom is -0.449 e. The van der Waals surface area contributed by atoms with E-state index in [4.69, 9.17) is 9.47 Å². The molecular weight excluding hydrogens is 600 g/mol. The van der Waals surface area contributed by atoms with E-state index in [0.717, 1.165) is 33.8 Å². The fraction of sp³-hybridized carbons (Fsp3) is 0.250. The number of fused-ring (bicyclic) bond motifs is 1. The van der Waals surface area contributed by atoms with Gasteiger partial charge in [-0.1, -0.05) is 55.5 Å². The minimum atomic E-state index is -0.607. The fourth-order valence-corrected chi connectivity index (χ4v) is 4.80. The lowest BCUT2D eigenvalue weighted by Crippen LogP contribution is -2.37. The van der Waals surface area contributed by atoms with E-state index in [1.165, 1.54) is 0 Å². The number of hydrogen-bond acceptors (Lipinski definition) is 5. The molecule has 9 nitrogen and oxygen atoms in total. The van der Waals surface area contributed by atoms with Gasteiger partial charge in [0.25, 0.3) is 5.91 Å². The van der Waals surface area contributed by atoms with E-state index in [9.17, 15) is 14.4 Å². The predicted molar refractivity (Wildman–Crippen MR) is 166 cm³/mol. The van der Waals surface area contributed by atoms with E-state index < -0.39 is 18.2 Å². The summed E-state index contributed by atoms with van der Waals surface area (Å²) in [4.78, 5) is 37.2. The predicted octanol–water partition coefficient (Wildman–Crippen LogP) is 6.46. The van der Waals surface area contributed by atoms with Gasteiger partial charge in [0.1, 0.15) is 18.7 Å². The number of aromatic nitrogens is 1. The first-order valence-corrected chi connectivity index (χ1v) is 14.5. The highest BCUT2D eigenvalue weighted by atomic mass is 79.9. The second-order valence-corrected chi connectivity index (χ2v) is 10.7. The fourth-order valence-electron chi connectivity index (χ4n) is 4.29. The molecule has 0 spiro atoms. The molecule has 1 aromatic heterocycles. The van der Waals surface area contributed by atoms with Crippen LogP contribution in [0.2, 0.25) is 0 Å². The lowest BCUT2D eigenvalue weighted by atomic mass is 10.1. The molecule has 4 aromatic rings. The van der Waals surface area contributed by atoms with Crippen molar-refractivity contribution in [1.29, 1.82) is 0 Å². The van der Waals surface area contributed by atoms with Gasteiger partial charge in [-0.3, -0.25) is 10.1 Å². The zero-order chi connectivity index (χ0) is 29.9. The molecule has 42 heavy (non-hydrogen) atoms. The number of carbonyl (C=O) groups is 3. The standard InChI is InChI=1S/C32H33BrN4O5/c1-3-16-37-19-25(18-26(33)20-37)30(38)35-27-13-11-23(12-14-27)15-17-41-31(39)34-22(2)21-42-32(40)36-29-10-6-8-24-7-4-5-9-28(24)29/h4-14,18-20,22H,3,15-17,21H2,1-2H3,(H2-,34,35,36,38,39,40)/p+1. The molecule has 1 heterocycles. The van der Waals surface area contributed by atoms with Gasteiger partial charge < -0.3 is 20.1 Å². The summed E-state index contributed by atoms with van der Waals surface area (Å²) in [5.41, 5.74) is 2.83. The van der Waals surface area contributed by atoms with Crippen LogP contribution in [-0.2, 0) is 22.4 Å². The van der Waals surface area contributed by atoms with Gasteiger partial charge in [-0.05, 0) is 58.1 Å².